The van der Waals surface area contributed by atoms with Crippen LogP contribution in [0.5, 0.6) is 0 Å². The molecule has 1 aliphatic carbocycles. The van der Waals surface area contributed by atoms with Crippen molar-refractivity contribution in [2.24, 2.45) is 13.0 Å². The summed E-state index contributed by atoms with van der Waals surface area (Å²) < 4.78 is 7.45. The first kappa shape index (κ1) is 15.4. The van der Waals surface area contributed by atoms with Gasteiger partial charge in [0, 0.05) is 26.7 Å². The lowest BCUT2D eigenvalue weighted by Gasteiger charge is -2.32. The normalized spacial score (nSPS) is 21.3. The van der Waals surface area contributed by atoms with Crippen molar-refractivity contribution >= 4 is 5.91 Å². The van der Waals surface area contributed by atoms with Gasteiger partial charge in [-0.15, -0.1) is 0 Å². The van der Waals surface area contributed by atoms with E-state index in [-0.39, 0.29) is 11.8 Å². The third kappa shape index (κ3) is 2.98. The van der Waals surface area contributed by atoms with Gasteiger partial charge in [0.25, 0.3) is 0 Å². The lowest BCUT2D eigenvalue weighted by atomic mass is 9.85. The number of furan rings is 1. The van der Waals surface area contributed by atoms with E-state index < -0.39 is 0 Å². The van der Waals surface area contributed by atoms with Crippen LogP contribution in [0.3, 0.4) is 0 Å². The van der Waals surface area contributed by atoms with E-state index in [1.807, 2.05) is 30.1 Å². The Morgan fingerprint density at radius 2 is 2.33 bits per heavy atom. The van der Waals surface area contributed by atoms with Gasteiger partial charge in [-0.05, 0) is 30.9 Å². The zero-order chi connectivity index (χ0) is 16.5. The second kappa shape index (κ2) is 6.43. The second-order valence-corrected chi connectivity index (χ2v) is 7.03. The molecule has 1 atom stereocenters. The Hall–Kier alpha value is -2.08. The second-order valence-electron chi connectivity index (χ2n) is 7.03. The highest BCUT2D eigenvalue weighted by Crippen LogP contribution is 2.29. The summed E-state index contributed by atoms with van der Waals surface area (Å²) >= 11 is 0. The van der Waals surface area contributed by atoms with Crippen LogP contribution in [0, 0.1) is 5.92 Å². The molecule has 1 N–H and O–H groups in total. The molecule has 1 aliphatic heterocycles. The maximum Gasteiger partial charge on any atom is 0.230 e. The molecule has 1 saturated carbocycles. The predicted molar refractivity (Wildman–Crippen MR) is 89.1 cm³/mol. The summed E-state index contributed by atoms with van der Waals surface area (Å²) in [6, 6.07) is 3.87. The molecule has 2 aromatic heterocycles. The van der Waals surface area contributed by atoms with Crippen LogP contribution in [0.1, 0.15) is 42.3 Å². The highest BCUT2D eigenvalue weighted by atomic mass is 16.3. The van der Waals surface area contributed by atoms with Gasteiger partial charge in [-0.2, -0.15) is 0 Å². The lowest BCUT2D eigenvalue weighted by molar-refractivity contribution is -0.123. The number of aryl methyl sites for hydroxylation is 1. The summed E-state index contributed by atoms with van der Waals surface area (Å²) in [6.07, 6.45) is 7.29. The fraction of sp³-hybridized carbons (Fsp3) is 0.556. The van der Waals surface area contributed by atoms with E-state index in [4.69, 9.17) is 4.42 Å². The zero-order valence-corrected chi connectivity index (χ0v) is 14.1. The molecule has 24 heavy (non-hydrogen) atoms. The number of nitrogens with one attached hydrogen (secondary N) is 1. The number of nitrogens with zero attached hydrogens (tertiary/aromatic N) is 3. The maximum atomic E-state index is 12.8. The molecule has 6 heteroatoms. The van der Waals surface area contributed by atoms with Gasteiger partial charge in [0.2, 0.25) is 5.91 Å². The van der Waals surface area contributed by atoms with Crippen molar-refractivity contribution < 1.29 is 9.21 Å². The Kier molecular flexibility index (Phi) is 4.14. The minimum atomic E-state index is -0.170. The molecule has 3 heterocycles. The molecule has 2 aromatic rings. The number of amides is 1. The lowest BCUT2D eigenvalue weighted by Crippen LogP contribution is -2.43. The summed E-state index contributed by atoms with van der Waals surface area (Å²) in [5.41, 5.74) is 2.05. The number of aromatic nitrogens is 2. The number of hydrogen-bond acceptors (Lipinski definition) is 4. The van der Waals surface area contributed by atoms with Crippen LogP contribution in [0.25, 0.3) is 0 Å². The molecule has 1 unspecified atom stereocenters. The Labute approximate surface area is 141 Å². The topological polar surface area (TPSA) is 63.3 Å². The summed E-state index contributed by atoms with van der Waals surface area (Å²) in [6.45, 7) is 2.96. The average molecular weight is 328 g/mol. The molecule has 0 radical (unpaired) electrons. The zero-order valence-electron chi connectivity index (χ0n) is 14.1. The third-order valence-corrected chi connectivity index (χ3v) is 5.27. The van der Waals surface area contributed by atoms with E-state index in [1.165, 1.54) is 19.3 Å². The number of carbonyl (C=O) groups is 1. The summed E-state index contributed by atoms with van der Waals surface area (Å²) in [5.74, 6) is 1.54. The molecule has 4 rings (SSSR count). The standard InChI is InChI=1S/C18H24N4O2/c1-21-12-20-16-11-22(9-14-6-3-7-24-14)10-15(17(16)21)18(23)19-8-13-4-2-5-13/h3,6-7,12-13,15H,2,4-5,8-11H2,1H3,(H,19,23). The SMILES string of the molecule is Cn1cnc2c1C(C(=O)NCC1CCC1)CN(Cc1ccco1)C2. The minimum absolute atomic E-state index is 0.121. The molecule has 0 saturated heterocycles. The number of hydrogen-bond donors (Lipinski definition) is 1. The van der Waals surface area contributed by atoms with Crippen molar-refractivity contribution in [2.45, 2.75) is 38.3 Å². The Morgan fingerprint density at radius 3 is 3.04 bits per heavy atom. The first-order valence-electron chi connectivity index (χ1n) is 8.73. The van der Waals surface area contributed by atoms with Crippen molar-refractivity contribution in [1.29, 1.82) is 0 Å². The number of imidazole rings is 1. The third-order valence-electron chi connectivity index (χ3n) is 5.27. The highest BCUT2D eigenvalue weighted by Gasteiger charge is 2.34. The first-order valence-corrected chi connectivity index (χ1v) is 8.73. The molecule has 0 spiro atoms. The van der Waals surface area contributed by atoms with E-state index in [1.54, 1.807) is 6.26 Å². The van der Waals surface area contributed by atoms with Crippen molar-refractivity contribution in [3.8, 4) is 0 Å². The quantitative estimate of drug-likeness (QED) is 0.912. The van der Waals surface area contributed by atoms with Gasteiger partial charge in [-0.25, -0.2) is 4.98 Å². The molecule has 1 amide bonds. The predicted octanol–water partition coefficient (Wildman–Crippen LogP) is 2.03. The summed E-state index contributed by atoms with van der Waals surface area (Å²) in [7, 11) is 1.97. The van der Waals surface area contributed by atoms with Crippen LogP contribution >= 0.6 is 0 Å². The fourth-order valence-corrected chi connectivity index (χ4v) is 3.69. The van der Waals surface area contributed by atoms with Crippen LogP contribution in [0.15, 0.2) is 29.1 Å². The van der Waals surface area contributed by atoms with Gasteiger partial charge in [0.05, 0.1) is 36.4 Å². The Bertz CT molecular complexity index is 703. The van der Waals surface area contributed by atoms with Crippen molar-refractivity contribution in [3.05, 3.63) is 41.9 Å². The average Bonchev–Trinajstić information content (AvgIpc) is 3.15. The number of rotatable bonds is 5. The van der Waals surface area contributed by atoms with E-state index in [2.05, 4.69) is 15.2 Å². The number of fused-ring (bicyclic) bond motifs is 1. The smallest absolute Gasteiger partial charge is 0.230 e. The van der Waals surface area contributed by atoms with Gasteiger partial charge in [-0.1, -0.05) is 6.42 Å². The highest BCUT2D eigenvalue weighted by molar-refractivity contribution is 5.84. The molecule has 0 aromatic carbocycles. The van der Waals surface area contributed by atoms with Crippen LogP contribution < -0.4 is 5.32 Å². The maximum absolute atomic E-state index is 12.8. The molecule has 6 nitrogen and oxygen atoms in total. The molecule has 1 fully saturated rings. The van der Waals surface area contributed by atoms with Crippen LogP contribution in [-0.4, -0.2) is 33.4 Å². The van der Waals surface area contributed by atoms with E-state index in [0.29, 0.717) is 19.0 Å². The fourth-order valence-electron chi connectivity index (χ4n) is 3.69. The van der Waals surface area contributed by atoms with E-state index >= 15 is 0 Å². The van der Waals surface area contributed by atoms with Crippen LogP contribution in [0.4, 0.5) is 0 Å². The van der Waals surface area contributed by atoms with Gasteiger partial charge < -0.3 is 14.3 Å². The van der Waals surface area contributed by atoms with Gasteiger partial charge in [-0.3, -0.25) is 9.69 Å². The molecule has 2 aliphatic rings. The largest absolute Gasteiger partial charge is 0.468 e. The molecule has 128 valence electrons. The van der Waals surface area contributed by atoms with Gasteiger partial charge >= 0.3 is 0 Å². The molecular weight excluding hydrogens is 304 g/mol. The van der Waals surface area contributed by atoms with Gasteiger partial charge in [0.1, 0.15) is 5.76 Å². The minimum Gasteiger partial charge on any atom is -0.468 e. The van der Waals surface area contributed by atoms with Crippen LogP contribution in [0.2, 0.25) is 0 Å². The van der Waals surface area contributed by atoms with E-state index in [9.17, 15) is 4.79 Å². The van der Waals surface area contributed by atoms with Crippen molar-refractivity contribution in [1.82, 2.24) is 19.8 Å². The number of carbonyl (C=O) groups excluding carboxylic acids is 1. The molecule has 0 bridgehead atoms. The van der Waals surface area contributed by atoms with E-state index in [0.717, 1.165) is 30.2 Å². The van der Waals surface area contributed by atoms with Gasteiger partial charge in [0.15, 0.2) is 0 Å². The van der Waals surface area contributed by atoms with Crippen molar-refractivity contribution in [2.75, 3.05) is 13.1 Å². The first-order chi connectivity index (χ1) is 11.7. The van der Waals surface area contributed by atoms with Crippen LogP contribution in [-0.2, 0) is 24.9 Å². The Balaban J connectivity index is 1.49. The molecular formula is C18H24N4O2. The monoisotopic (exact) mass is 328 g/mol. The Morgan fingerprint density at radius 1 is 1.46 bits per heavy atom. The summed E-state index contributed by atoms with van der Waals surface area (Å²) in [5, 5.41) is 3.16. The summed E-state index contributed by atoms with van der Waals surface area (Å²) in [4.78, 5) is 19.5. The van der Waals surface area contributed by atoms with Crippen molar-refractivity contribution in [3.63, 3.8) is 0 Å².